The van der Waals surface area contributed by atoms with Gasteiger partial charge in [0.1, 0.15) is 6.10 Å². The highest BCUT2D eigenvalue weighted by atomic mass is 16.5. The zero-order valence-electron chi connectivity index (χ0n) is 11.1. The summed E-state index contributed by atoms with van der Waals surface area (Å²) in [5.41, 5.74) is 2.94. The maximum absolute atomic E-state index is 11.9. The summed E-state index contributed by atoms with van der Waals surface area (Å²) >= 11 is 0. The average molecular weight is 244 g/mol. The van der Waals surface area contributed by atoms with E-state index in [0.29, 0.717) is 0 Å². The summed E-state index contributed by atoms with van der Waals surface area (Å²) in [5, 5.41) is 0. The second-order valence-electron chi connectivity index (χ2n) is 4.77. The number of rotatable bonds is 5. The Morgan fingerprint density at radius 2 is 1.89 bits per heavy atom. The Morgan fingerprint density at radius 1 is 1.17 bits per heavy atom. The fourth-order valence-corrected chi connectivity index (χ4v) is 2.43. The van der Waals surface area contributed by atoms with Crippen LogP contribution >= 0.6 is 0 Å². The molecule has 96 valence electrons. The third-order valence-corrected chi connectivity index (χ3v) is 3.41. The van der Waals surface area contributed by atoms with E-state index in [-0.39, 0.29) is 12.1 Å². The minimum atomic E-state index is -0.166. The van der Waals surface area contributed by atoms with Crippen molar-refractivity contribution in [1.82, 2.24) is 0 Å². The maximum atomic E-state index is 11.9. The van der Waals surface area contributed by atoms with E-state index < -0.39 is 0 Å². The predicted molar refractivity (Wildman–Crippen MR) is 73.1 cm³/mol. The van der Waals surface area contributed by atoms with Crippen LogP contribution in [0.1, 0.15) is 45.1 Å². The van der Waals surface area contributed by atoms with E-state index in [2.05, 4.69) is 6.92 Å². The largest absolute Gasteiger partial charge is 0.454 e. The van der Waals surface area contributed by atoms with Crippen molar-refractivity contribution < 1.29 is 9.53 Å². The van der Waals surface area contributed by atoms with E-state index in [0.717, 1.165) is 24.0 Å². The van der Waals surface area contributed by atoms with Crippen LogP contribution in [0.4, 0.5) is 0 Å². The molecule has 18 heavy (non-hydrogen) atoms. The maximum Gasteiger partial charge on any atom is 0.339 e. The second kappa shape index (κ2) is 5.85. The fraction of sp³-hybridized carbons (Fsp3) is 0.438. The molecule has 1 aromatic rings. The van der Waals surface area contributed by atoms with Crippen LogP contribution in [0.15, 0.2) is 35.9 Å². The van der Waals surface area contributed by atoms with Crippen LogP contribution in [0.5, 0.6) is 0 Å². The second-order valence-corrected chi connectivity index (χ2v) is 4.77. The molecule has 1 heterocycles. The molecule has 2 nitrogen and oxygen atoms in total. The molecule has 0 amide bonds. The van der Waals surface area contributed by atoms with Gasteiger partial charge in [-0.25, -0.2) is 4.79 Å². The van der Waals surface area contributed by atoms with Crippen LogP contribution in [-0.4, -0.2) is 12.1 Å². The molecule has 0 saturated carbocycles. The van der Waals surface area contributed by atoms with Gasteiger partial charge in [0.05, 0.1) is 5.57 Å². The van der Waals surface area contributed by atoms with Crippen molar-refractivity contribution >= 4 is 11.5 Å². The number of ether oxygens (including phenoxy) is 1. The van der Waals surface area contributed by atoms with Crippen LogP contribution in [0.25, 0.3) is 5.57 Å². The number of hydrogen-bond acceptors (Lipinski definition) is 2. The van der Waals surface area contributed by atoms with Crippen molar-refractivity contribution in [2.24, 2.45) is 0 Å². The quantitative estimate of drug-likeness (QED) is 0.578. The van der Waals surface area contributed by atoms with E-state index in [1.54, 1.807) is 0 Å². The van der Waals surface area contributed by atoms with Crippen LogP contribution in [0.2, 0.25) is 0 Å². The molecule has 1 aliphatic heterocycles. The Labute approximate surface area is 109 Å². The monoisotopic (exact) mass is 244 g/mol. The molecule has 1 aromatic carbocycles. The van der Waals surface area contributed by atoms with Gasteiger partial charge < -0.3 is 4.74 Å². The molecule has 2 heteroatoms. The lowest BCUT2D eigenvalue weighted by molar-refractivity contribution is -0.137. The minimum Gasteiger partial charge on any atom is -0.454 e. The highest BCUT2D eigenvalue weighted by molar-refractivity contribution is 6.19. The molecule has 1 atom stereocenters. The topological polar surface area (TPSA) is 26.3 Å². The third kappa shape index (κ3) is 2.63. The lowest BCUT2D eigenvalue weighted by Crippen LogP contribution is -2.05. The minimum absolute atomic E-state index is 0.0652. The Kier molecular flexibility index (Phi) is 4.19. The van der Waals surface area contributed by atoms with Crippen molar-refractivity contribution in [2.75, 3.05) is 0 Å². The van der Waals surface area contributed by atoms with Gasteiger partial charge in [0.15, 0.2) is 0 Å². The van der Waals surface area contributed by atoms with Crippen molar-refractivity contribution in [1.29, 1.82) is 0 Å². The molecule has 2 rings (SSSR count). The summed E-state index contributed by atoms with van der Waals surface area (Å²) < 4.78 is 5.36. The fourth-order valence-electron chi connectivity index (χ4n) is 2.43. The zero-order chi connectivity index (χ0) is 13.0. The first-order chi connectivity index (χ1) is 8.74. The van der Waals surface area contributed by atoms with Crippen molar-refractivity contribution in [3.8, 4) is 0 Å². The van der Waals surface area contributed by atoms with Crippen LogP contribution < -0.4 is 0 Å². The van der Waals surface area contributed by atoms with Crippen molar-refractivity contribution in [3.63, 3.8) is 0 Å². The molecule has 0 saturated heterocycles. The van der Waals surface area contributed by atoms with Gasteiger partial charge >= 0.3 is 5.97 Å². The molecule has 1 unspecified atom stereocenters. The highest BCUT2D eigenvalue weighted by Gasteiger charge is 2.31. The van der Waals surface area contributed by atoms with E-state index in [4.69, 9.17) is 4.74 Å². The molecule has 0 N–H and O–H groups in total. The van der Waals surface area contributed by atoms with E-state index in [1.165, 1.54) is 18.4 Å². The lowest BCUT2D eigenvalue weighted by Gasteiger charge is -2.08. The zero-order valence-corrected chi connectivity index (χ0v) is 11.1. The first kappa shape index (κ1) is 12.9. The first-order valence-corrected chi connectivity index (χ1v) is 6.73. The Balaban J connectivity index is 2.28. The van der Waals surface area contributed by atoms with Crippen LogP contribution in [-0.2, 0) is 9.53 Å². The summed E-state index contributed by atoms with van der Waals surface area (Å²) in [7, 11) is 0. The molecule has 0 radical (unpaired) electrons. The number of hydrogen-bond donors (Lipinski definition) is 0. The summed E-state index contributed by atoms with van der Waals surface area (Å²) in [6.45, 7) is 4.15. The van der Waals surface area contributed by atoms with E-state index in [9.17, 15) is 4.79 Å². The Hall–Kier alpha value is -1.57. The smallest absolute Gasteiger partial charge is 0.339 e. The summed E-state index contributed by atoms with van der Waals surface area (Å²) in [5.74, 6) is -0.166. The predicted octanol–water partition coefficient (Wildman–Crippen LogP) is 3.97. The van der Waals surface area contributed by atoms with Gasteiger partial charge in [-0.05, 0) is 30.9 Å². The Bertz CT molecular complexity index is 445. The number of carbonyl (C=O) groups excluding carboxylic acids is 1. The van der Waals surface area contributed by atoms with Crippen LogP contribution in [0.3, 0.4) is 0 Å². The van der Waals surface area contributed by atoms with E-state index >= 15 is 0 Å². The van der Waals surface area contributed by atoms with Gasteiger partial charge in [-0.15, -0.1) is 0 Å². The van der Waals surface area contributed by atoms with Crippen molar-refractivity contribution in [2.45, 2.75) is 45.6 Å². The molecule has 1 aliphatic rings. The molecule has 0 spiro atoms. The molecule has 0 bridgehead atoms. The molecule has 0 aromatic heterocycles. The number of cyclic esters (lactones) is 1. The standard InChI is InChI=1S/C16H20O2/c1-3-4-6-11-14-12(2)18-16(17)15(14)13-9-7-5-8-10-13/h5,7-10,12H,3-4,6,11H2,1-2H3. The number of benzene rings is 1. The first-order valence-electron chi connectivity index (χ1n) is 6.73. The lowest BCUT2D eigenvalue weighted by atomic mass is 9.95. The van der Waals surface area contributed by atoms with Crippen molar-refractivity contribution in [3.05, 3.63) is 41.5 Å². The van der Waals surface area contributed by atoms with Gasteiger partial charge in [-0.1, -0.05) is 50.1 Å². The number of carbonyl (C=O) groups is 1. The molecule has 0 aliphatic carbocycles. The molecular formula is C16H20O2. The average Bonchev–Trinajstić information content (AvgIpc) is 2.66. The van der Waals surface area contributed by atoms with Gasteiger partial charge in [0.25, 0.3) is 0 Å². The SMILES string of the molecule is CCCCCC1=C(c2ccccc2)C(=O)OC1C. The summed E-state index contributed by atoms with van der Waals surface area (Å²) in [4.78, 5) is 11.9. The van der Waals surface area contributed by atoms with Gasteiger partial charge in [-0.2, -0.15) is 0 Å². The summed E-state index contributed by atoms with van der Waals surface area (Å²) in [6.07, 6.45) is 4.42. The van der Waals surface area contributed by atoms with Gasteiger partial charge in [0, 0.05) is 0 Å². The molecule has 0 fully saturated rings. The number of esters is 1. The highest BCUT2D eigenvalue weighted by Crippen LogP contribution is 2.33. The Morgan fingerprint density at radius 3 is 2.56 bits per heavy atom. The summed E-state index contributed by atoms with van der Waals surface area (Å²) in [6, 6.07) is 9.85. The van der Waals surface area contributed by atoms with Gasteiger partial charge in [0.2, 0.25) is 0 Å². The van der Waals surface area contributed by atoms with Gasteiger partial charge in [-0.3, -0.25) is 0 Å². The van der Waals surface area contributed by atoms with Crippen LogP contribution in [0, 0.1) is 0 Å². The third-order valence-electron chi connectivity index (χ3n) is 3.41. The number of unbranched alkanes of at least 4 members (excludes halogenated alkanes) is 2. The normalized spacial score (nSPS) is 19.2. The van der Waals surface area contributed by atoms with E-state index in [1.807, 2.05) is 37.3 Å². The molecular weight excluding hydrogens is 224 g/mol.